The maximum Gasteiger partial charge on any atom is 0.269 e. The number of benzene rings is 2. The Kier molecular flexibility index (Phi) is 4.24. The molecule has 0 radical (unpaired) electrons. The Labute approximate surface area is 127 Å². The van der Waals surface area contributed by atoms with Crippen molar-refractivity contribution in [2.75, 3.05) is 4.72 Å². The van der Waals surface area contributed by atoms with Crippen LogP contribution in [-0.2, 0) is 10.0 Å². The zero-order chi connectivity index (χ0) is 15.6. The van der Waals surface area contributed by atoms with Crippen molar-refractivity contribution in [1.29, 1.82) is 0 Å². The minimum absolute atomic E-state index is 0.0999. The molecule has 21 heavy (non-hydrogen) atoms. The molecular weight excluding hydrogens is 367 g/mol. The Balaban J connectivity index is 2.30. The highest BCUT2D eigenvalue weighted by atomic mass is 79.9. The highest BCUT2D eigenvalue weighted by molar-refractivity contribution is 9.10. The number of anilines is 1. The predicted molar refractivity (Wildman–Crippen MR) is 78.0 cm³/mol. The average Bonchev–Trinajstić information content (AvgIpc) is 2.38. The summed E-state index contributed by atoms with van der Waals surface area (Å²) in [4.78, 5) is 9.39. The number of hydrogen-bond acceptors (Lipinski definition) is 4. The van der Waals surface area contributed by atoms with Crippen molar-refractivity contribution >= 4 is 37.3 Å². The van der Waals surface area contributed by atoms with Gasteiger partial charge in [0.05, 0.1) is 4.92 Å². The van der Waals surface area contributed by atoms with Crippen LogP contribution in [0.3, 0.4) is 0 Å². The number of hydrogen-bond donors (Lipinski definition) is 1. The fraction of sp³-hybridized carbons (Fsp3) is 0. The van der Waals surface area contributed by atoms with Crippen molar-refractivity contribution in [2.45, 2.75) is 4.90 Å². The van der Waals surface area contributed by atoms with Crippen molar-refractivity contribution in [3.63, 3.8) is 0 Å². The van der Waals surface area contributed by atoms with Gasteiger partial charge in [-0.2, -0.15) is 0 Å². The Bertz CT molecular complexity index is 793. The van der Waals surface area contributed by atoms with Gasteiger partial charge in [0.1, 0.15) is 10.7 Å². The van der Waals surface area contributed by atoms with Crippen LogP contribution >= 0.6 is 15.9 Å². The first kappa shape index (κ1) is 15.4. The number of sulfonamides is 1. The topological polar surface area (TPSA) is 89.3 Å². The minimum atomic E-state index is -4.11. The van der Waals surface area contributed by atoms with E-state index in [1.165, 1.54) is 18.2 Å². The summed E-state index contributed by atoms with van der Waals surface area (Å²) in [7, 11) is -4.11. The summed E-state index contributed by atoms with van der Waals surface area (Å²) in [5.74, 6) is -0.904. The van der Waals surface area contributed by atoms with Gasteiger partial charge in [-0.25, -0.2) is 12.8 Å². The number of non-ortho nitro benzene ring substituents is 1. The normalized spacial score (nSPS) is 11.1. The van der Waals surface area contributed by atoms with Gasteiger partial charge in [-0.3, -0.25) is 14.8 Å². The van der Waals surface area contributed by atoms with E-state index in [1.54, 1.807) is 0 Å². The molecule has 0 aliphatic heterocycles. The van der Waals surface area contributed by atoms with Gasteiger partial charge >= 0.3 is 0 Å². The second kappa shape index (κ2) is 5.78. The number of nitro benzene ring substituents is 1. The van der Waals surface area contributed by atoms with Crippen molar-refractivity contribution in [3.05, 3.63) is 62.9 Å². The third kappa shape index (κ3) is 3.56. The second-order valence-electron chi connectivity index (χ2n) is 3.98. The standard InChI is InChI=1S/C12H8BrFN2O4S/c13-8-1-6-12(11(14)7-8)21(19,20)15-9-2-4-10(5-3-9)16(17)18/h1-7,15H. The molecule has 110 valence electrons. The summed E-state index contributed by atoms with van der Waals surface area (Å²) < 4.78 is 40.4. The Morgan fingerprint density at radius 1 is 1.14 bits per heavy atom. The number of nitro groups is 1. The van der Waals surface area contributed by atoms with Crippen LogP contribution in [0, 0.1) is 15.9 Å². The van der Waals surface area contributed by atoms with E-state index in [1.807, 2.05) is 0 Å². The third-order valence-electron chi connectivity index (χ3n) is 2.51. The fourth-order valence-electron chi connectivity index (χ4n) is 1.55. The van der Waals surface area contributed by atoms with Crippen LogP contribution in [0.2, 0.25) is 0 Å². The lowest BCUT2D eigenvalue weighted by atomic mass is 10.3. The largest absolute Gasteiger partial charge is 0.280 e. The smallest absolute Gasteiger partial charge is 0.269 e. The molecule has 0 unspecified atom stereocenters. The Morgan fingerprint density at radius 2 is 1.76 bits per heavy atom. The van der Waals surface area contributed by atoms with Gasteiger partial charge in [0.15, 0.2) is 0 Å². The lowest BCUT2D eigenvalue weighted by molar-refractivity contribution is -0.384. The highest BCUT2D eigenvalue weighted by Gasteiger charge is 2.19. The first-order chi connectivity index (χ1) is 9.79. The molecule has 9 heteroatoms. The molecule has 0 aromatic heterocycles. The summed E-state index contributed by atoms with van der Waals surface area (Å²) in [6, 6.07) is 8.30. The zero-order valence-corrected chi connectivity index (χ0v) is 12.7. The number of rotatable bonds is 4. The Hall–Kier alpha value is -2.00. The van der Waals surface area contributed by atoms with E-state index in [9.17, 15) is 22.9 Å². The summed E-state index contributed by atoms with van der Waals surface area (Å²) in [5.41, 5.74) is -0.0734. The first-order valence-electron chi connectivity index (χ1n) is 5.52. The Morgan fingerprint density at radius 3 is 2.29 bits per heavy atom. The van der Waals surface area contributed by atoms with Crippen LogP contribution in [0.1, 0.15) is 0 Å². The van der Waals surface area contributed by atoms with Gasteiger partial charge in [0, 0.05) is 22.3 Å². The number of halogens is 2. The lowest BCUT2D eigenvalue weighted by Gasteiger charge is -2.08. The molecule has 1 N–H and O–H groups in total. The van der Waals surface area contributed by atoms with Crippen molar-refractivity contribution in [2.24, 2.45) is 0 Å². The van der Waals surface area contributed by atoms with E-state index < -0.39 is 25.7 Å². The van der Waals surface area contributed by atoms with Crippen LogP contribution in [0.4, 0.5) is 15.8 Å². The van der Waals surface area contributed by atoms with E-state index in [2.05, 4.69) is 20.7 Å². The molecule has 0 fully saturated rings. The van der Waals surface area contributed by atoms with Gasteiger partial charge in [0.2, 0.25) is 0 Å². The van der Waals surface area contributed by atoms with Crippen molar-refractivity contribution < 1.29 is 17.7 Å². The predicted octanol–water partition coefficient (Wildman–Crippen LogP) is 3.30. The van der Waals surface area contributed by atoms with Crippen LogP contribution in [0.15, 0.2) is 51.8 Å². The third-order valence-corrected chi connectivity index (χ3v) is 4.42. The molecule has 0 aliphatic carbocycles. The lowest BCUT2D eigenvalue weighted by Crippen LogP contribution is -2.14. The van der Waals surface area contributed by atoms with Crippen LogP contribution in [-0.4, -0.2) is 13.3 Å². The molecule has 0 saturated carbocycles. The summed E-state index contributed by atoms with van der Waals surface area (Å²) in [6.07, 6.45) is 0. The SMILES string of the molecule is O=[N+]([O-])c1ccc(NS(=O)(=O)c2ccc(Br)cc2F)cc1. The molecule has 0 aliphatic rings. The quantitative estimate of drug-likeness (QED) is 0.656. The van der Waals surface area contributed by atoms with Gasteiger partial charge < -0.3 is 0 Å². The molecule has 0 amide bonds. The molecule has 2 aromatic rings. The summed E-state index contributed by atoms with van der Waals surface area (Å²) in [6.45, 7) is 0. The van der Waals surface area contributed by atoms with Gasteiger partial charge in [0.25, 0.3) is 15.7 Å². The molecule has 6 nitrogen and oxygen atoms in total. The second-order valence-corrected chi connectivity index (χ2v) is 6.55. The van der Waals surface area contributed by atoms with Crippen LogP contribution in [0.25, 0.3) is 0 Å². The van der Waals surface area contributed by atoms with E-state index in [0.29, 0.717) is 4.47 Å². The molecule has 0 bridgehead atoms. The van der Waals surface area contributed by atoms with Gasteiger partial charge in [-0.05, 0) is 30.3 Å². The van der Waals surface area contributed by atoms with Crippen molar-refractivity contribution in [1.82, 2.24) is 0 Å². The maximum atomic E-state index is 13.7. The number of nitrogens with one attached hydrogen (secondary N) is 1. The first-order valence-corrected chi connectivity index (χ1v) is 7.79. The van der Waals surface area contributed by atoms with Crippen LogP contribution in [0.5, 0.6) is 0 Å². The highest BCUT2D eigenvalue weighted by Crippen LogP contribution is 2.23. The van der Waals surface area contributed by atoms with Gasteiger partial charge in [-0.15, -0.1) is 0 Å². The molecule has 0 saturated heterocycles. The van der Waals surface area contributed by atoms with E-state index >= 15 is 0 Å². The molecular formula is C12H8BrFN2O4S. The minimum Gasteiger partial charge on any atom is -0.280 e. The fourth-order valence-corrected chi connectivity index (χ4v) is 3.01. The van der Waals surface area contributed by atoms with E-state index in [0.717, 1.165) is 24.3 Å². The van der Waals surface area contributed by atoms with E-state index in [-0.39, 0.29) is 11.4 Å². The summed E-state index contributed by atoms with van der Waals surface area (Å²) >= 11 is 3.03. The average molecular weight is 375 g/mol. The zero-order valence-electron chi connectivity index (χ0n) is 10.3. The molecule has 0 atom stereocenters. The van der Waals surface area contributed by atoms with Crippen LogP contribution < -0.4 is 4.72 Å². The molecule has 2 rings (SSSR count). The van der Waals surface area contributed by atoms with E-state index in [4.69, 9.17) is 0 Å². The molecule has 0 heterocycles. The number of nitrogens with zero attached hydrogens (tertiary/aromatic N) is 1. The monoisotopic (exact) mass is 374 g/mol. The summed E-state index contributed by atoms with van der Waals surface area (Å²) in [5, 5.41) is 10.5. The molecule has 2 aromatic carbocycles. The molecule has 0 spiro atoms. The van der Waals surface area contributed by atoms with Crippen molar-refractivity contribution in [3.8, 4) is 0 Å². The van der Waals surface area contributed by atoms with Gasteiger partial charge in [-0.1, -0.05) is 15.9 Å². The maximum absolute atomic E-state index is 13.7.